The Morgan fingerprint density at radius 1 is 0.517 bits per heavy atom. The minimum Gasteiger partial charge on any atom is -0.477 e. The maximum atomic E-state index is 12.8. The van der Waals surface area contributed by atoms with Gasteiger partial charge in [-0.05, 0) is 89.9 Å². The van der Waals surface area contributed by atoms with E-state index in [2.05, 4.69) is 98.9 Å². The number of hydrogen-bond acceptors (Lipinski definition) is 7. The largest absolute Gasteiger partial charge is 0.477 e. The number of carboxylic acids is 1. The number of nitrogens with zero attached hydrogens (tertiary/aromatic N) is 1. The number of esters is 2. The van der Waals surface area contributed by atoms with Crippen LogP contribution in [0.2, 0.25) is 0 Å². The molecule has 0 bridgehead atoms. The van der Waals surface area contributed by atoms with Crippen LogP contribution >= 0.6 is 0 Å². The predicted octanol–water partition coefficient (Wildman–Crippen LogP) is 12.5. The van der Waals surface area contributed by atoms with Crippen molar-refractivity contribution in [2.24, 2.45) is 0 Å². The molecule has 0 aliphatic rings. The van der Waals surface area contributed by atoms with E-state index < -0.39 is 24.3 Å². The van der Waals surface area contributed by atoms with Gasteiger partial charge in [0.1, 0.15) is 13.2 Å². The molecule has 0 rings (SSSR count). The van der Waals surface area contributed by atoms with Gasteiger partial charge >= 0.3 is 17.9 Å². The third-order valence-corrected chi connectivity index (χ3v) is 9.39. The number of carboxylic acid groups (broad SMARTS) is 1. The Bertz CT molecular complexity index is 1260. The quantitative estimate of drug-likeness (QED) is 0.0213. The van der Waals surface area contributed by atoms with Gasteiger partial charge in [-0.15, -0.1) is 0 Å². The Kier molecular flexibility index (Phi) is 39.7. The lowest BCUT2D eigenvalue weighted by Gasteiger charge is -2.25. The van der Waals surface area contributed by atoms with E-state index in [0.717, 1.165) is 103 Å². The first kappa shape index (κ1) is 56.5. The van der Waals surface area contributed by atoms with Crippen LogP contribution in [0.1, 0.15) is 162 Å². The molecule has 0 aromatic rings. The second kappa shape index (κ2) is 42.2. The van der Waals surface area contributed by atoms with E-state index in [1.165, 1.54) is 25.7 Å². The van der Waals surface area contributed by atoms with E-state index in [-0.39, 0.29) is 38.6 Å². The number of likely N-dealkylation sites (N-methyl/N-ethyl adjacent to an activating group) is 1. The van der Waals surface area contributed by atoms with Gasteiger partial charge in [-0.2, -0.15) is 0 Å². The van der Waals surface area contributed by atoms with E-state index in [1.807, 2.05) is 21.1 Å². The van der Waals surface area contributed by atoms with E-state index in [4.69, 9.17) is 18.9 Å². The summed E-state index contributed by atoms with van der Waals surface area (Å²) in [5.74, 6) is -2.07. The highest BCUT2D eigenvalue weighted by molar-refractivity contribution is 5.71. The number of allylic oxidation sites excluding steroid dienone is 14. The molecule has 0 saturated carbocycles. The molecule has 0 radical (unpaired) electrons. The molecule has 342 valence electrons. The number of unbranched alkanes of at least 4 members (excludes halogenated alkanes) is 12. The molecule has 0 spiro atoms. The van der Waals surface area contributed by atoms with Crippen molar-refractivity contribution < 1.29 is 42.9 Å². The Balaban J connectivity index is 4.47. The first-order chi connectivity index (χ1) is 29.1. The molecule has 0 aliphatic carbocycles. The van der Waals surface area contributed by atoms with Gasteiger partial charge in [0.2, 0.25) is 0 Å². The maximum absolute atomic E-state index is 12.8. The Morgan fingerprint density at radius 3 is 1.43 bits per heavy atom. The summed E-state index contributed by atoms with van der Waals surface area (Å²) in [5.41, 5.74) is 0. The molecule has 0 aliphatic heterocycles. The SMILES string of the molecule is CC/C=C\C/C=C\C/C=C\C/C=C\C/C=C\C/C=C\CCCCCCC(=O)OC(COC(=O)CCCCCCC/C=C\CCCCC)COC(OCC[N+](C)(C)C)C(=O)O. The fourth-order valence-electron chi connectivity index (χ4n) is 5.77. The van der Waals surface area contributed by atoms with E-state index in [9.17, 15) is 19.5 Å². The fraction of sp³-hybridized carbons (Fsp3) is 0.667. The summed E-state index contributed by atoms with van der Waals surface area (Å²) in [7, 11) is 5.93. The average molecular weight is 841 g/mol. The van der Waals surface area contributed by atoms with E-state index in [1.54, 1.807) is 0 Å². The van der Waals surface area contributed by atoms with Crippen LogP contribution in [-0.4, -0.2) is 87.4 Å². The summed E-state index contributed by atoms with van der Waals surface area (Å²) < 4.78 is 22.7. The van der Waals surface area contributed by atoms with Crippen LogP contribution in [0, 0.1) is 0 Å². The number of hydrogen-bond donors (Lipinski definition) is 1. The Hall–Kier alpha value is -3.53. The van der Waals surface area contributed by atoms with Gasteiger partial charge < -0.3 is 28.5 Å². The second-order valence-corrected chi connectivity index (χ2v) is 16.3. The lowest BCUT2D eigenvalue weighted by molar-refractivity contribution is -0.870. The van der Waals surface area contributed by atoms with E-state index >= 15 is 0 Å². The predicted molar refractivity (Wildman–Crippen MR) is 249 cm³/mol. The molecule has 60 heavy (non-hydrogen) atoms. The fourth-order valence-corrected chi connectivity index (χ4v) is 5.77. The zero-order chi connectivity index (χ0) is 44.2. The van der Waals surface area contributed by atoms with Crippen molar-refractivity contribution in [3.05, 3.63) is 85.1 Å². The smallest absolute Gasteiger partial charge is 0.361 e. The molecule has 0 saturated heterocycles. The van der Waals surface area contributed by atoms with Crippen molar-refractivity contribution in [2.45, 2.75) is 174 Å². The molecule has 0 fully saturated rings. The van der Waals surface area contributed by atoms with Crippen LogP contribution in [0.4, 0.5) is 0 Å². The lowest BCUT2D eigenvalue weighted by Crippen LogP contribution is -2.40. The van der Waals surface area contributed by atoms with Crippen molar-refractivity contribution in [1.29, 1.82) is 0 Å². The van der Waals surface area contributed by atoms with Crippen LogP contribution < -0.4 is 0 Å². The van der Waals surface area contributed by atoms with Crippen molar-refractivity contribution in [1.82, 2.24) is 0 Å². The summed E-state index contributed by atoms with van der Waals surface area (Å²) in [5, 5.41) is 9.64. The van der Waals surface area contributed by atoms with Crippen LogP contribution in [-0.2, 0) is 33.3 Å². The van der Waals surface area contributed by atoms with Crippen molar-refractivity contribution >= 4 is 17.9 Å². The molecule has 1 N–H and O–H groups in total. The summed E-state index contributed by atoms with van der Waals surface area (Å²) in [6.45, 7) is 4.66. The van der Waals surface area contributed by atoms with Crippen LogP contribution in [0.3, 0.4) is 0 Å². The monoisotopic (exact) mass is 841 g/mol. The lowest BCUT2D eigenvalue weighted by atomic mass is 10.1. The first-order valence-electron chi connectivity index (χ1n) is 23.3. The standard InChI is InChI=1S/C51H85NO8/c1-6-8-10-12-14-16-18-20-21-22-23-24-25-26-27-28-29-30-32-34-36-38-40-42-49(54)60-47(46-59-51(50(55)56)57-44-43-52(3,4)5)45-58-48(53)41-39-37-35-33-31-19-17-15-13-11-9-7-2/h8,10,14-17,20-21,23-24,26-27,29-30,47,51H,6-7,9,11-13,18-19,22,25,28,31-46H2,1-5H3/p+1/b10-8-,16-14-,17-15-,21-20-,24-23-,27-26-,30-29-. The Morgan fingerprint density at radius 2 is 0.950 bits per heavy atom. The summed E-state index contributed by atoms with van der Waals surface area (Å²) in [6, 6.07) is 0. The Labute approximate surface area is 366 Å². The van der Waals surface area contributed by atoms with Crippen molar-refractivity contribution in [3.63, 3.8) is 0 Å². The highest BCUT2D eigenvalue weighted by Crippen LogP contribution is 2.12. The highest BCUT2D eigenvalue weighted by Gasteiger charge is 2.25. The highest BCUT2D eigenvalue weighted by atomic mass is 16.7. The number of rotatable bonds is 41. The van der Waals surface area contributed by atoms with Crippen molar-refractivity contribution in [3.8, 4) is 0 Å². The summed E-state index contributed by atoms with van der Waals surface area (Å²) in [4.78, 5) is 37.1. The summed E-state index contributed by atoms with van der Waals surface area (Å²) in [6.07, 6.45) is 50.7. The zero-order valence-corrected chi connectivity index (χ0v) is 38.6. The topological polar surface area (TPSA) is 108 Å². The molecule has 9 heteroatoms. The van der Waals surface area contributed by atoms with Gasteiger partial charge in [0, 0.05) is 12.8 Å². The van der Waals surface area contributed by atoms with Gasteiger partial charge in [0.25, 0.3) is 6.29 Å². The number of aliphatic carboxylic acids is 1. The number of carbonyl (C=O) groups is 3. The third-order valence-electron chi connectivity index (χ3n) is 9.39. The molecule has 9 nitrogen and oxygen atoms in total. The van der Waals surface area contributed by atoms with Gasteiger partial charge in [0.05, 0.1) is 34.4 Å². The summed E-state index contributed by atoms with van der Waals surface area (Å²) >= 11 is 0. The minimum absolute atomic E-state index is 0.176. The van der Waals surface area contributed by atoms with Crippen LogP contribution in [0.15, 0.2) is 85.1 Å². The van der Waals surface area contributed by atoms with Crippen LogP contribution in [0.25, 0.3) is 0 Å². The van der Waals surface area contributed by atoms with Gasteiger partial charge in [-0.1, -0.05) is 144 Å². The van der Waals surface area contributed by atoms with Gasteiger partial charge in [-0.3, -0.25) is 9.59 Å². The molecule has 0 aromatic carbocycles. The zero-order valence-electron chi connectivity index (χ0n) is 38.6. The molecule has 0 heterocycles. The second-order valence-electron chi connectivity index (χ2n) is 16.3. The average Bonchev–Trinajstić information content (AvgIpc) is 3.21. The molecule has 0 amide bonds. The van der Waals surface area contributed by atoms with E-state index in [0.29, 0.717) is 17.4 Å². The van der Waals surface area contributed by atoms with Gasteiger partial charge in [-0.25, -0.2) is 4.79 Å². The number of carbonyl (C=O) groups excluding carboxylic acids is 2. The normalized spacial score (nSPS) is 13.7. The minimum atomic E-state index is -1.52. The first-order valence-corrected chi connectivity index (χ1v) is 23.3. The van der Waals surface area contributed by atoms with Crippen molar-refractivity contribution in [2.75, 3.05) is 47.5 Å². The van der Waals surface area contributed by atoms with Gasteiger partial charge in [0.15, 0.2) is 6.10 Å². The molecule has 0 aromatic heterocycles. The molecule has 2 unspecified atom stereocenters. The molecular weight excluding hydrogens is 755 g/mol. The number of quaternary nitrogens is 1. The number of ether oxygens (including phenoxy) is 4. The maximum Gasteiger partial charge on any atom is 0.361 e. The molecular formula is C51H86NO8+. The molecule has 2 atom stereocenters. The third kappa shape index (κ3) is 42.6. The van der Waals surface area contributed by atoms with Crippen LogP contribution in [0.5, 0.6) is 0 Å².